The van der Waals surface area contributed by atoms with E-state index in [1.165, 1.54) is 0 Å². The Hall–Kier alpha value is -1.06. The van der Waals surface area contributed by atoms with Gasteiger partial charge in [-0.2, -0.15) is 0 Å². The molecule has 1 aliphatic heterocycles. The second-order valence-corrected chi connectivity index (χ2v) is 6.14. The molecule has 6 heteroatoms. The highest BCUT2D eigenvalue weighted by Gasteiger charge is 2.29. The van der Waals surface area contributed by atoms with Crippen LogP contribution >= 0.6 is 0 Å². The summed E-state index contributed by atoms with van der Waals surface area (Å²) in [4.78, 5) is 11.4. The molecule has 5 nitrogen and oxygen atoms in total. The lowest BCUT2D eigenvalue weighted by Gasteiger charge is -2.17. The van der Waals surface area contributed by atoms with E-state index in [9.17, 15) is 13.2 Å². The summed E-state index contributed by atoms with van der Waals surface area (Å²) >= 11 is 0. The lowest BCUT2D eigenvalue weighted by Crippen LogP contribution is -2.47. The molecule has 1 saturated heterocycles. The number of rotatable bonds is 4. The van der Waals surface area contributed by atoms with Crippen molar-refractivity contribution in [1.82, 2.24) is 10.6 Å². The first kappa shape index (κ1) is 13.0. The van der Waals surface area contributed by atoms with Gasteiger partial charge in [-0.15, -0.1) is 6.42 Å². The minimum Gasteiger partial charge on any atom is -0.344 e. The molecule has 1 fully saturated rings. The van der Waals surface area contributed by atoms with Crippen LogP contribution in [0.4, 0.5) is 0 Å². The molecule has 0 radical (unpaired) electrons. The first-order valence-electron chi connectivity index (χ1n) is 5.12. The Morgan fingerprint density at radius 3 is 2.81 bits per heavy atom. The fraction of sp³-hybridized carbons (Fsp3) is 0.700. The molecule has 1 aliphatic rings. The van der Waals surface area contributed by atoms with Gasteiger partial charge in [0, 0.05) is 6.04 Å². The molecule has 0 aromatic heterocycles. The summed E-state index contributed by atoms with van der Waals surface area (Å²) in [7, 11) is -2.91. The Kier molecular flexibility index (Phi) is 4.33. The van der Waals surface area contributed by atoms with E-state index in [-0.39, 0.29) is 30.0 Å². The minimum absolute atomic E-state index is 0.111. The maximum atomic E-state index is 11.4. The Balaban J connectivity index is 2.38. The number of terminal acetylenes is 1. The number of hydrogen-bond acceptors (Lipinski definition) is 4. The molecule has 2 atom stereocenters. The molecular formula is C10H16N2O3S. The summed E-state index contributed by atoms with van der Waals surface area (Å²) < 4.78 is 22.4. The SMILES string of the molecule is C#CCNC(=O)C(C)NC1CCS(=O)(=O)C1. The second kappa shape index (κ2) is 5.32. The van der Waals surface area contributed by atoms with Crippen molar-refractivity contribution in [3.05, 3.63) is 0 Å². The molecule has 0 saturated carbocycles. The number of amides is 1. The molecule has 1 amide bonds. The number of carbonyl (C=O) groups excluding carboxylic acids is 1. The summed E-state index contributed by atoms with van der Waals surface area (Å²) in [5.74, 6) is 2.41. The molecule has 1 rings (SSSR count). The first-order chi connectivity index (χ1) is 7.44. The van der Waals surface area contributed by atoms with Gasteiger partial charge in [-0.3, -0.25) is 4.79 Å². The number of hydrogen-bond donors (Lipinski definition) is 2. The van der Waals surface area contributed by atoms with Crippen molar-refractivity contribution in [3.8, 4) is 12.3 Å². The largest absolute Gasteiger partial charge is 0.344 e. The molecule has 0 aliphatic carbocycles. The Bertz CT molecular complexity index is 397. The van der Waals surface area contributed by atoms with Gasteiger partial charge in [-0.1, -0.05) is 5.92 Å². The van der Waals surface area contributed by atoms with E-state index >= 15 is 0 Å². The lowest BCUT2D eigenvalue weighted by atomic mass is 10.2. The van der Waals surface area contributed by atoms with E-state index in [4.69, 9.17) is 6.42 Å². The molecule has 1 heterocycles. The fourth-order valence-corrected chi connectivity index (χ4v) is 3.33. The van der Waals surface area contributed by atoms with Gasteiger partial charge in [0.2, 0.25) is 5.91 Å². The maximum absolute atomic E-state index is 11.4. The zero-order chi connectivity index (χ0) is 12.2. The molecule has 0 bridgehead atoms. The third kappa shape index (κ3) is 3.83. The topological polar surface area (TPSA) is 75.3 Å². The van der Waals surface area contributed by atoms with Gasteiger partial charge >= 0.3 is 0 Å². The van der Waals surface area contributed by atoms with Crippen LogP contribution in [0.15, 0.2) is 0 Å². The van der Waals surface area contributed by atoms with Crippen LogP contribution in [-0.4, -0.2) is 44.5 Å². The smallest absolute Gasteiger partial charge is 0.237 e. The van der Waals surface area contributed by atoms with Gasteiger partial charge in [0.1, 0.15) is 0 Å². The average molecular weight is 244 g/mol. The van der Waals surface area contributed by atoms with Gasteiger partial charge in [0.05, 0.1) is 24.1 Å². The molecule has 16 heavy (non-hydrogen) atoms. The average Bonchev–Trinajstić information content (AvgIpc) is 2.54. The maximum Gasteiger partial charge on any atom is 0.237 e. The van der Waals surface area contributed by atoms with Gasteiger partial charge in [-0.05, 0) is 13.3 Å². The van der Waals surface area contributed by atoms with Crippen LogP contribution in [0.3, 0.4) is 0 Å². The van der Waals surface area contributed by atoms with Crippen LogP contribution in [0, 0.1) is 12.3 Å². The number of nitrogens with one attached hydrogen (secondary N) is 2. The van der Waals surface area contributed by atoms with Gasteiger partial charge in [0.25, 0.3) is 0 Å². The van der Waals surface area contributed by atoms with E-state index < -0.39 is 15.9 Å². The molecule has 2 N–H and O–H groups in total. The fourth-order valence-electron chi connectivity index (χ4n) is 1.65. The van der Waals surface area contributed by atoms with Crippen molar-refractivity contribution >= 4 is 15.7 Å². The molecular weight excluding hydrogens is 228 g/mol. The van der Waals surface area contributed by atoms with E-state index in [0.29, 0.717) is 6.42 Å². The number of carbonyl (C=O) groups is 1. The van der Waals surface area contributed by atoms with E-state index in [1.807, 2.05) is 0 Å². The van der Waals surface area contributed by atoms with Crippen LogP contribution in [0.2, 0.25) is 0 Å². The zero-order valence-electron chi connectivity index (χ0n) is 9.19. The highest BCUT2D eigenvalue weighted by atomic mass is 32.2. The van der Waals surface area contributed by atoms with Crippen molar-refractivity contribution in [2.45, 2.75) is 25.4 Å². The Morgan fingerprint density at radius 2 is 2.31 bits per heavy atom. The van der Waals surface area contributed by atoms with Crippen molar-refractivity contribution in [1.29, 1.82) is 0 Å². The molecule has 0 aromatic rings. The summed E-state index contributed by atoms with van der Waals surface area (Å²) in [5.41, 5.74) is 0. The predicted octanol–water partition coefficient (Wildman–Crippen LogP) is -1.10. The van der Waals surface area contributed by atoms with Crippen LogP contribution in [0.1, 0.15) is 13.3 Å². The van der Waals surface area contributed by atoms with Crippen LogP contribution in [-0.2, 0) is 14.6 Å². The third-order valence-electron chi connectivity index (χ3n) is 2.48. The van der Waals surface area contributed by atoms with Crippen LogP contribution < -0.4 is 10.6 Å². The van der Waals surface area contributed by atoms with Crippen molar-refractivity contribution < 1.29 is 13.2 Å². The first-order valence-corrected chi connectivity index (χ1v) is 6.94. The lowest BCUT2D eigenvalue weighted by molar-refractivity contribution is -0.122. The monoisotopic (exact) mass is 244 g/mol. The second-order valence-electron chi connectivity index (χ2n) is 3.91. The van der Waals surface area contributed by atoms with E-state index in [2.05, 4.69) is 16.6 Å². The van der Waals surface area contributed by atoms with Crippen molar-refractivity contribution in [2.75, 3.05) is 18.1 Å². The molecule has 2 unspecified atom stereocenters. The van der Waals surface area contributed by atoms with Gasteiger partial charge < -0.3 is 10.6 Å². The standard InChI is InChI=1S/C10H16N2O3S/c1-3-5-11-10(13)8(2)12-9-4-6-16(14,15)7-9/h1,8-9,12H,4-7H2,2H3,(H,11,13). The molecule has 0 aromatic carbocycles. The van der Waals surface area contributed by atoms with Gasteiger partial charge in [-0.25, -0.2) is 8.42 Å². The van der Waals surface area contributed by atoms with Crippen LogP contribution in [0.25, 0.3) is 0 Å². The summed E-state index contributed by atoms with van der Waals surface area (Å²) in [6.45, 7) is 1.88. The highest BCUT2D eigenvalue weighted by molar-refractivity contribution is 7.91. The molecule has 90 valence electrons. The quantitative estimate of drug-likeness (QED) is 0.616. The third-order valence-corrected chi connectivity index (χ3v) is 4.24. The zero-order valence-corrected chi connectivity index (χ0v) is 10.0. The van der Waals surface area contributed by atoms with E-state index in [1.54, 1.807) is 6.92 Å². The summed E-state index contributed by atoms with van der Waals surface area (Å²) in [5, 5.41) is 5.52. The highest BCUT2D eigenvalue weighted by Crippen LogP contribution is 2.11. The predicted molar refractivity (Wildman–Crippen MR) is 61.5 cm³/mol. The normalized spacial score (nSPS) is 24.6. The van der Waals surface area contributed by atoms with Gasteiger partial charge in [0.15, 0.2) is 9.84 Å². The minimum atomic E-state index is -2.91. The van der Waals surface area contributed by atoms with Crippen LogP contribution in [0.5, 0.6) is 0 Å². The summed E-state index contributed by atoms with van der Waals surface area (Å²) in [6.07, 6.45) is 5.58. The summed E-state index contributed by atoms with van der Waals surface area (Å²) in [6, 6.07) is -0.553. The Morgan fingerprint density at radius 1 is 1.62 bits per heavy atom. The number of sulfone groups is 1. The van der Waals surface area contributed by atoms with Crippen molar-refractivity contribution in [2.24, 2.45) is 0 Å². The Labute approximate surface area is 95.9 Å². The molecule has 0 spiro atoms. The van der Waals surface area contributed by atoms with Crippen molar-refractivity contribution in [3.63, 3.8) is 0 Å². The van der Waals surface area contributed by atoms with E-state index in [0.717, 1.165) is 0 Å².